The van der Waals surface area contributed by atoms with Gasteiger partial charge in [0.1, 0.15) is 6.61 Å². The van der Waals surface area contributed by atoms with E-state index in [0.717, 1.165) is 17.1 Å². The van der Waals surface area contributed by atoms with Crippen LogP contribution in [0.2, 0.25) is 0 Å². The van der Waals surface area contributed by atoms with Gasteiger partial charge in [0.25, 0.3) is 0 Å². The van der Waals surface area contributed by atoms with Crippen LogP contribution in [0, 0.1) is 6.92 Å². The van der Waals surface area contributed by atoms with Crippen LogP contribution in [0.5, 0.6) is 0 Å². The predicted molar refractivity (Wildman–Crippen MR) is 59.7 cm³/mol. The van der Waals surface area contributed by atoms with Crippen LogP contribution < -0.4 is 0 Å². The molecule has 0 N–H and O–H groups in total. The molecule has 0 atom stereocenters. The fraction of sp³-hybridized carbons (Fsp3) is 0.364. The topological polar surface area (TPSA) is 52.8 Å². The van der Waals surface area contributed by atoms with Gasteiger partial charge in [-0.1, -0.05) is 0 Å². The summed E-state index contributed by atoms with van der Waals surface area (Å²) in [6, 6.07) is 3.91. The second-order valence-corrected chi connectivity index (χ2v) is 3.60. The van der Waals surface area contributed by atoms with E-state index in [1.165, 1.54) is 0 Å². The molecule has 2 aromatic heterocycles. The molecule has 0 aromatic carbocycles. The van der Waals surface area contributed by atoms with Gasteiger partial charge in [-0.2, -0.15) is 5.10 Å². The summed E-state index contributed by atoms with van der Waals surface area (Å²) < 4.78 is 6.76. The number of aryl methyl sites for hydroxylation is 2. The summed E-state index contributed by atoms with van der Waals surface area (Å²) >= 11 is 0. The molecule has 5 heteroatoms. The van der Waals surface area contributed by atoms with Crippen LogP contribution in [0.3, 0.4) is 0 Å². The molecule has 0 amide bonds. The number of rotatable bonds is 3. The number of ether oxygens (including phenoxy) is 1. The molecule has 84 valence electrons. The Hall–Kier alpha value is -1.75. The Morgan fingerprint density at radius 2 is 2.19 bits per heavy atom. The summed E-state index contributed by atoms with van der Waals surface area (Å²) in [7, 11) is 3.49. The quantitative estimate of drug-likeness (QED) is 0.780. The van der Waals surface area contributed by atoms with Gasteiger partial charge >= 0.3 is 0 Å². The highest BCUT2D eigenvalue weighted by Gasteiger charge is 2.08. The van der Waals surface area contributed by atoms with Crippen molar-refractivity contribution < 1.29 is 4.74 Å². The third-order valence-corrected chi connectivity index (χ3v) is 2.30. The molecule has 16 heavy (non-hydrogen) atoms. The summed E-state index contributed by atoms with van der Waals surface area (Å²) in [5.41, 5.74) is 1.90. The SMILES string of the molecule is COCc1nc(-c2ccc(C)nc2)nn1C. The first-order chi connectivity index (χ1) is 7.70. The minimum Gasteiger partial charge on any atom is -0.377 e. The van der Waals surface area contributed by atoms with Gasteiger partial charge in [-0.25, -0.2) is 4.98 Å². The first-order valence-electron chi connectivity index (χ1n) is 5.02. The number of nitrogens with zero attached hydrogens (tertiary/aromatic N) is 4. The van der Waals surface area contributed by atoms with E-state index in [0.29, 0.717) is 12.4 Å². The molecule has 0 aliphatic rings. The monoisotopic (exact) mass is 218 g/mol. The Bertz CT molecular complexity index is 475. The molecule has 0 bridgehead atoms. The van der Waals surface area contributed by atoms with Crippen LogP contribution in [0.25, 0.3) is 11.4 Å². The zero-order chi connectivity index (χ0) is 11.5. The maximum Gasteiger partial charge on any atom is 0.183 e. The zero-order valence-electron chi connectivity index (χ0n) is 9.64. The van der Waals surface area contributed by atoms with E-state index in [1.54, 1.807) is 18.0 Å². The van der Waals surface area contributed by atoms with Crippen molar-refractivity contribution in [3.8, 4) is 11.4 Å². The highest BCUT2D eigenvalue weighted by molar-refractivity contribution is 5.52. The van der Waals surface area contributed by atoms with Crippen molar-refractivity contribution in [2.24, 2.45) is 7.05 Å². The molecular formula is C11H14N4O. The molecule has 2 aromatic rings. The van der Waals surface area contributed by atoms with Gasteiger partial charge in [-0.05, 0) is 19.1 Å². The molecular weight excluding hydrogens is 204 g/mol. The van der Waals surface area contributed by atoms with Gasteiger partial charge in [0.15, 0.2) is 11.6 Å². The molecule has 0 saturated carbocycles. The maximum absolute atomic E-state index is 5.04. The minimum atomic E-state index is 0.461. The predicted octanol–water partition coefficient (Wildman–Crippen LogP) is 1.33. The van der Waals surface area contributed by atoms with Crippen LogP contribution in [-0.4, -0.2) is 26.9 Å². The first-order valence-corrected chi connectivity index (χ1v) is 5.02. The van der Waals surface area contributed by atoms with E-state index >= 15 is 0 Å². The molecule has 5 nitrogen and oxygen atoms in total. The molecule has 0 saturated heterocycles. The van der Waals surface area contributed by atoms with Crippen molar-refractivity contribution in [3.63, 3.8) is 0 Å². The lowest BCUT2D eigenvalue weighted by molar-refractivity contribution is 0.174. The standard InChI is InChI=1S/C11H14N4O/c1-8-4-5-9(6-12-8)11-13-10(7-16-3)15(2)14-11/h4-6H,7H2,1-3H3. The Morgan fingerprint density at radius 1 is 1.38 bits per heavy atom. The van der Waals surface area contributed by atoms with E-state index in [9.17, 15) is 0 Å². The number of aromatic nitrogens is 4. The highest BCUT2D eigenvalue weighted by atomic mass is 16.5. The van der Waals surface area contributed by atoms with Crippen LogP contribution in [0.15, 0.2) is 18.3 Å². The summed E-state index contributed by atoms with van der Waals surface area (Å²) in [5.74, 6) is 1.49. The largest absolute Gasteiger partial charge is 0.377 e. The summed E-state index contributed by atoms with van der Waals surface area (Å²) in [6.07, 6.45) is 1.78. The van der Waals surface area contributed by atoms with Crippen LogP contribution >= 0.6 is 0 Å². The smallest absolute Gasteiger partial charge is 0.183 e. The molecule has 2 rings (SSSR count). The molecule has 0 fully saturated rings. The van der Waals surface area contributed by atoms with E-state index in [2.05, 4.69) is 15.1 Å². The van der Waals surface area contributed by atoms with Crippen LogP contribution in [0.1, 0.15) is 11.5 Å². The minimum absolute atomic E-state index is 0.461. The number of methoxy groups -OCH3 is 1. The second kappa shape index (κ2) is 4.40. The Kier molecular flexibility index (Phi) is 2.96. The first kappa shape index (κ1) is 10.8. The lowest BCUT2D eigenvalue weighted by atomic mass is 10.2. The zero-order valence-corrected chi connectivity index (χ0v) is 9.64. The summed E-state index contributed by atoms with van der Waals surface area (Å²) in [6.45, 7) is 2.41. The summed E-state index contributed by atoms with van der Waals surface area (Å²) in [5, 5.41) is 4.31. The summed E-state index contributed by atoms with van der Waals surface area (Å²) in [4.78, 5) is 8.61. The van der Waals surface area contributed by atoms with Crippen molar-refractivity contribution in [2.75, 3.05) is 7.11 Å². The third kappa shape index (κ3) is 2.09. The lowest BCUT2D eigenvalue weighted by Gasteiger charge is -1.95. The highest BCUT2D eigenvalue weighted by Crippen LogP contribution is 2.14. The molecule has 0 aliphatic heterocycles. The third-order valence-electron chi connectivity index (χ3n) is 2.30. The van der Waals surface area contributed by atoms with Gasteiger partial charge in [-0.3, -0.25) is 9.67 Å². The van der Waals surface area contributed by atoms with E-state index in [1.807, 2.05) is 26.1 Å². The number of hydrogen-bond donors (Lipinski definition) is 0. The van der Waals surface area contributed by atoms with E-state index < -0.39 is 0 Å². The molecule has 0 radical (unpaired) electrons. The van der Waals surface area contributed by atoms with Gasteiger partial charge < -0.3 is 4.74 Å². The van der Waals surface area contributed by atoms with Crippen LogP contribution in [0.4, 0.5) is 0 Å². The van der Waals surface area contributed by atoms with E-state index in [-0.39, 0.29) is 0 Å². The molecule has 0 aliphatic carbocycles. The van der Waals surface area contributed by atoms with Crippen molar-refractivity contribution in [1.29, 1.82) is 0 Å². The average Bonchev–Trinajstić information content (AvgIpc) is 2.62. The number of hydrogen-bond acceptors (Lipinski definition) is 4. The molecule has 2 heterocycles. The molecule has 0 spiro atoms. The normalized spacial score (nSPS) is 10.7. The Morgan fingerprint density at radius 3 is 2.81 bits per heavy atom. The Labute approximate surface area is 94.1 Å². The second-order valence-electron chi connectivity index (χ2n) is 3.60. The fourth-order valence-electron chi connectivity index (χ4n) is 1.39. The van der Waals surface area contributed by atoms with Crippen molar-refractivity contribution in [3.05, 3.63) is 29.8 Å². The Balaban J connectivity index is 2.33. The van der Waals surface area contributed by atoms with Gasteiger partial charge in [-0.15, -0.1) is 0 Å². The van der Waals surface area contributed by atoms with Crippen molar-refractivity contribution in [2.45, 2.75) is 13.5 Å². The van der Waals surface area contributed by atoms with Crippen molar-refractivity contribution >= 4 is 0 Å². The maximum atomic E-state index is 5.04. The van der Waals surface area contributed by atoms with E-state index in [4.69, 9.17) is 4.74 Å². The fourth-order valence-corrected chi connectivity index (χ4v) is 1.39. The average molecular weight is 218 g/mol. The van der Waals surface area contributed by atoms with Gasteiger partial charge in [0.05, 0.1) is 0 Å². The van der Waals surface area contributed by atoms with Crippen molar-refractivity contribution in [1.82, 2.24) is 19.7 Å². The van der Waals surface area contributed by atoms with Gasteiger partial charge in [0.2, 0.25) is 0 Å². The van der Waals surface area contributed by atoms with Crippen LogP contribution in [-0.2, 0) is 18.4 Å². The van der Waals surface area contributed by atoms with Gasteiger partial charge in [0, 0.05) is 31.6 Å². The number of pyridine rings is 1. The molecule has 0 unspecified atom stereocenters. The lowest BCUT2D eigenvalue weighted by Crippen LogP contribution is -2.00.